The zero-order valence-electron chi connectivity index (χ0n) is 13.4. The Morgan fingerprint density at radius 2 is 1.80 bits per heavy atom. The number of nitrogens with two attached hydrogens (primary N) is 1. The molecule has 0 aromatic heterocycles. The Balaban J connectivity index is 1.71. The van der Waals surface area contributed by atoms with Crippen molar-refractivity contribution >= 4 is 28.5 Å². The Morgan fingerprint density at radius 1 is 1.04 bits per heavy atom. The molecule has 0 bridgehead atoms. The van der Waals surface area contributed by atoms with Crippen LogP contribution in [-0.4, -0.2) is 32.6 Å². The maximum absolute atomic E-state index is 9.51. The largest absolute Gasteiger partial charge is 0.508 e. The van der Waals surface area contributed by atoms with Crippen molar-refractivity contribution in [3.05, 3.63) is 65.7 Å². The average Bonchev–Trinajstić information content (AvgIpc) is 3.09. The number of benzene rings is 2. The Bertz CT molecular complexity index is 861. The number of nitrogens with zero attached hydrogens (tertiary/aromatic N) is 4. The predicted molar refractivity (Wildman–Crippen MR) is 102 cm³/mol. The van der Waals surface area contributed by atoms with Crippen molar-refractivity contribution in [3.63, 3.8) is 0 Å². The molecule has 0 fully saturated rings. The summed E-state index contributed by atoms with van der Waals surface area (Å²) in [6, 6.07) is 17.4. The smallest absolute Gasteiger partial charge is 0.181 e. The molecule has 0 saturated heterocycles. The molecule has 4 rings (SSSR count). The van der Waals surface area contributed by atoms with E-state index in [9.17, 15) is 5.11 Å². The Labute approximate surface area is 149 Å². The molecule has 7 heteroatoms. The summed E-state index contributed by atoms with van der Waals surface area (Å²) in [6.45, 7) is 0. The molecular weight excluding hydrogens is 334 g/mol. The van der Waals surface area contributed by atoms with Gasteiger partial charge in [-0.25, -0.2) is 5.01 Å². The zero-order valence-corrected chi connectivity index (χ0v) is 14.2. The summed E-state index contributed by atoms with van der Waals surface area (Å²) in [5.74, 6) is 1.68. The van der Waals surface area contributed by atoms with Gasteiger partial charge in [-0.2, -0.15) is 5.10 Å². The van der Waals surface area contributed by atoms with Gasteiger partial charge in [0.2, 0.25) is 0 Å². The number of aromatic hydroxyl groups is 1. The Kier molecular flexibility index (Phi) is 4.15. The van der Waals surface area contributed by atoms with Gasteiger partial charge < -0.3 is 10.8 Å². The van der Waals surface area contributed by atoms with Crippen molar-refractivity contribution in [1.82, 2.24) is 5.01 Å². The highest BCUT2D eigenvalue weighted by Crippen LogP contribution is 2.34. The minimum atomic E-state index is 0.0684. The second-order valence-corrected chi connectivity index (χ2v) is 6.81. The van der Waals surface area contributed by atoms with Gasteiger partial charge in [0.25, 0.3) is 0 Å². The SMILES string of the molecule is NC1=NN=C(N2N=C(c3ccc(O)cc3)CC2c2ccccc2)CS1. The number of amidine groups is 2. The molecule has 2 heterocycles. The van der Waals surface area contributed by atoms with Crippen LogP contribution >= 0.6 is 11.8 Å². The van der Waals surface area contributed by atoms with Gasteiger partial charge in [0, 0.05) is 6.42 Å². The van der Waals surface area contributed by atoms with Crippen LogP contribution in [0.15, 0.2) is 69.9 Å². The molecule has 3 N–H and O–H groups in total. The lowest BCUT2D eigenvalue weighted by Gasteiger charge is -2.25. The number of phenolic OH excluding ortho intramolecular Hbond substituents is 1. The monoisotopic (exact) mass is 351 g/mol. The number of hydrazone groups is 1. The lowest BCUT2D eigenvalue weighted by Crippen LogP contribution is -2.31. The molecule has 2 aromatic rings. The average molecular weight is 351 g/mol. The first kappa shape index (κ1) is 15.7. The van der Waals surface area contributed by atoms with E-state index < -0.39 is 0 Å². The van der Waals surface area contributed by atoms with E-state index in [1.165, 1.54) is 17.3 Å². The lowest BCUT2D eigenvalue weighted by atomic mass is 9.98. The molecule has 6 nitrogen and oxygen atoms in total. The first-order chi connectivity index (χ1) is 12.2. The molecule has 0 saturated carbocycles. The number of hydrogen-bond acceptors (Lipinski definition) is 7. The van der Waals surface area contributed by atoms with E-state index >= 15 is 0 Å². The second-order valence-electron chi connectivity index (χ2n) is 5.81. The molecule has 2 aliphatic rings. The second kappa shape index (κ2) is 6.60. The summed E-state index contributed by atoms with van der Waals surface area (Å²) in [6.07, 6.45) is 0.762. The summed E-state index contributed by atoms with van der Waals surface area (Å²) >= 11 is 1.46. The summed E-state index contributed by atoms with van der Waals surface area (Å²) in [5.41, 5.74) is 8.83. The van der Waals surface area contributed by atoms with Crippen LogP contribution in [0.1, 0.15) is 23.6 Å². The number of rotatable bonds is 2. The lowest BCUT2D eigenvalue weighted by molar-refractivity contribution is 0.367. The van der Waals surface area contributed by atoms with E-state index in [0.717, 1.165) is 23.5 Å². The highest BCUT2D eigenvalue weighted by atomic mass is 32.2. The van der Waals surface area contributed by atoms with Crippen LogP contribution in [0.5, 0.6) is 5.75 Å². The predicted octanol–water partition coefficient (Wildman–Crippen LogP) is 2.92. The Hall–Kier alpha value is -2.80. The maximum atomic E-state index is 9.51. The number of hydrogen-bond donors (Lipinski definition) is 2. The van der Waals surface area contributed by atoms with E-state index in [4.69, 9.17) is 10.8 Å². The van der Waals surface area contributed by atoms with Crippen molar-refractivity contribution in [2.75, 3.05) is 5.75 Å². The van der Waals surface area contributed by atoms with E-state index in [1.54, 1.807) is 12.1 Å². The minimum absolute atomic E-state index is 0.0684. The van der Waals surface area contributed by atoms with E-state index in [1.807, 2.05) is 35.3 Å². The van der Waals surface area contributed by atoms with Gasteiger partial charge in [0.1, 0.15) is 5.75 Å². The fourth-order valence-electron chi connectivity index (χ4n) is 2.93. The normalized spacial score (nSPS) is 20.1. The van der Waals surface area contributed by atoms with E-state index in [0.29, 0.717) is 10.9 Å². The van der Waals surface area contributed by atoms with Gasteiger partial charge in [-0.05, 0) is 35.4 Å². The van der Waals surface area contributed by atoms with Crippen molar-refractivity contribution in [2.45, 2.75) is 12.5 Å². The molecule has 0 spiro atoms. The third-order valence-corrected chi connectivity index (χ3v) is 4.95. The van der Waals surface area contributed by atoms with Crippen LogP contribution in [0, 0.1) is 0 Å². The minimum Gasteiger partial charge on any atom is -0.508 e. The van der Waals surface area contributed by atoms with Crippen LogP contribution in [0.4, 0.5) is 0 Å². The van der Waals surface area contributed by atoms with Gasteiger partial charge in [-0.1, -0.05) is 42.1 Å². The van der Waals surface area contributed by atoms with Gasteiger partial charge in [-0.3, -0.25) is 0 Å². The molecule has 0 amide bonds. The topological polar surface area (TPSA) is 86.6 Å². The van der Waals surface area contributed by atoms with Gasteiger partial charge in [0.15, 0.2) is 11.0 Å². The molecule has 0 aliphatic carbocycles. The molecular formula is C18H17N5OS. The van der Waals surface area contributed by atoms with Crippen molar-refractivity contribution in [1.29, 1.82) is 0 Å². The van der Waals surface area contributed by atoms with Crippen molar-refractivity contribution in [2.24, 2.45) is 21.0 Å². The molecule has 126 valence electrons. The first-order valence-electron chi connectivity index (χ1n) is 7.94. The fraction of sp³-hybridized carbons (Fsp3) is 0.167. The highest BCUT2D eigenvalue weighted by Gasteiger charge is 2.32. The maximum Gasteiger partial charge on any atom is 0.181 e. The van der Waals surface area contributed by atoms with Crippen LogP contribution in [0.2, 0.25) is 0 Å². The van der Waals surface area contributed by atoms with Gasteiger partial charge in [-0.15, -0.1) is 10.2 Å². The third-order valence-electron chi connectivity index (χ3n) is 4.17. The molecule has 2 aliphatic heterocycles. The van der Waals surface area contributed by atoms with E-state index in [2.05, 4.69) is 22.3 Å². The quantitative estimate of drug-likeness (QED) is 0.871. The van der Waals surface area contributed by atoms with Crippen LogP contribution < -0.4 is 5.73 Å². The third kappa shape index (κ3) is 3.23. The summed E-state index contributed by atoms with van der Waals surface area (Å²) in [4.78, 5) is 0. The number of thioether (sulfide) groups is 1. The Morgan fingerprint density at radius 3 is 2.48 bits per heavy atom. The molecule has 25 heavy (non-hydrogen) atoms. The molecule has 1 unspecified atom stereocenters. The highest BCUT2D eigenvalue weighted by molar-refractivity contribution is 8.14. The van der Waals surface area contributed by atoms with Crippen LogP contribution in [0.25, 0.3) is 0 Å². The molecule has 2 aromatic carbocycles. The fourth-order valence-corrected chi connectivity index (χ4v) is 3.49. The standard InChI is InChI=1S/C18H17N5OS/c19-18-21-20-17(11-25-18)23-16(13-4-2-1-3-5-13)10-15(22-23)12-6-8-14(24)9-7-12/h1-9,16,24H,10-11H2,(H2,19,21). The molecule has 0 radical (unpaired) electrons. The van der Waals surface area contributed by atoms with Gasteiger partial charge >= 0.3 is 0 Å². The number of phenols is 1. The summed E-state index contributed by atoms with van der Waals surface area (Å²) in [5, 5.41) is 25.0. The van der Waals surface area contributed by atoms with Crippen molar-refractivity contribution in [3.8, 4) is 5.75 Å². The van der Waals surface area contributed by atoms with Crippen LogP contribution in [0.3, 0.4) is 0 Å². The van der Waals surface area contributed by atoms with Crippen LogP contribution in [-0.2, 0) is 0 Å². The summed E-state index contributed by atoms with van der Waals surface area (Å²) in [7, 11) is 0. The summed E-state index contributed by atoms with van der Waals surface area (Å²) < 4.78 is 0. The van der Waals surface area contributed by atoms with Crippen molar-refractivity contribution < 1.29 is 5.11 Å². The van der Waals surface area contributed by atoms with Gasteiger partial charge in [0.05, 0.1) is 17.5 Å². The first-order valence-corrected chi connectivity index (χ1v) is 8.93. The zero-order chi connectivity index (χ0) is 17.2. The molecule has 1 atom stereocenters. The van der Waals surface area contributed by atoms with E-state index in [-0.39, 0.29) is 11.8 Å².